The van der Waals surface area contributed by atoms with Gasteiger partial charge in [-0.25, -0.2) is 0 Å². The summed E-state index contributed by atoms with van der Waals surface area (Å²) in [5.74, 6) is 0.807. The first-order valence-electron chi connectivity index (χ1n) is 6.74. The van der Waals surface area contributed by atoms with Crippen molar-refractivity contribution in [3.8, 4) is 6.19 Å². The number of ether oxygens (including phenoxy) is 1. The summed E-state index contributed by atoms with van der Waals surface area (Å²) in [5, 5.41) is 8.95. The molecule has 1 aliphatic heterocycles. The quantitative estimate of drug-likeness (QED) is 0.575. The monoisotopic (exact) mass is 343 g/mol. The number of aromatic nitrogens is 1. The number of allylic oxidation sites excluding steroid dienone is 3. The fourth-order valence-corrected chi connectivity index (χ4v) is 2.96. The van der Waals surface area contributed by atoms with Crippen molar-refractivity contribution in [3.05, 3.63) is 53.6 Å². The zero-order chi connectivity index (χ0) is 14.9. The van der Waals surface area contributed by atoms with Gasteiger partial charge in [0.05, 0.1) is 5.71 Å². The number of alkyl halides is 1. The van der Waals surface area contributed by atoms with Gasteiger partial charge in [0, 0.05) is 34.3 Å². The highest BCUT2D eigenvalue weighted by Gasteiger charge is 2.34. The molecule has 1 fully saturated rings. The third-order valence-electron chi connectivity index (χ3n) is 3.60. The predicted molar refractivity (Wildman–Crippen MR) is 83.8 cm³/mol. The average Bonchev–Trinajstić information content (AvgIpc) is 2.48. The van der Waals surface area contributed by atoms with Crippen LogP contribution in [0.1, 0.15) is 31.4 Å². The highest BCUT2D eigenvalue weighted by atomic mass is 79.9. The summed E-state index contributed by atoms with van der Waals surface area (Å²) in [6.45, 7) is 2.09. The Balaban J connectivity index is 1.98. The molecule has 21 heavy (non-hydrogen) atoms. The molecule has 0 amide bonds. The van der Waals surface area contributed by atoms with E-state index in [1.807, 2.05) is 18.3 Å². The number of halogens is 1. The first kappa shape index (κ1) is 14.0. The fourth-order valence-electron chi connectivity index (χ4n) is 2.57. The first-order chi connectivity index (χ1) is 10.1. The summed E-state index contributed by atoms with van der Waals surface area (Å²) < 4.78 is 5.97. The topological polar surface area (TPSA) is 58.3 Å². The van der Waals surface area contributed by atoms with Crippen LogP contribution in [-0.2, 0) is 4.74 Å². The Morgan fingerprint density at radius 2 is 2.43 bits per heavy atom. The molecule has 1 saturated heterocycles. The summed E-state index contributed by atoms with van der Waals surface area (Å²) in [4.78, 5) is 8.13. The van der Waals surface area contributed by atoms with Crippen molar-refractivity contribution in [2.24, 2.45) is 4.99 Å². The van der Waals surface area contributed by atoms with Gasteiger partial charge in [0.2, 0.25) is 6.19 Å². The van der Waals surface area contributed by atoms with Crippen molar-refractivity contribution in [3.63, 3.8) is 0 Å². The molecule has 0 N–H and O–H groups in total. The molecule has 5 heteroatoms. The molecule has 4 nitrogen and oxygen atoms in total. The zero-order valence-corrected chi connectivity index (χ0v) is 13.2. The van der Waals surface area contributed by atoms with Crippen LogP contribution in [-0.4, -0.2) is 15.0 Å². The minimum absolute atomic E-state index is 0.118. The van der Waals surface area contributed by atoms with Crippen LogP contribution in [0.15, 0.2) is 53.0 Å². The van der Waals surface area contributed by atoms with E-state index in [1.165, 1.54) is 0 Å². The third-order valence-corrected chi connectivity index (χ3v) is 4.15. The predicted octanol–water partition coefficient (Wildman–Crippen LogP) is 3.83. The van der Waals surface area contributed by atoms with Crippen molar-refractivity contribution in [1.82, 2.24) is 4.98 Å². The Morgan fingerprint density at radius 3 is 3.14 bits per heavy atom. The molecule has 0 saturated carbocycles. The molecule has 0 radical (unpaired) electrons. The SMILES string of the molecule is CC1(Br)C=C2C(=CC1)OC(c1cccnc1)CC2=NC#N. The number of fused-ring (bicyclic) bond motifs is 1. The molecular weight excluding hydrogens is 330 g/mol. The normalized spacial score (nSPS) is 29.8. The van der Waals surface area contributed by atoms with Gasteiger partial charge in [-0.3, -0.25) is 4.98 Å². The van der Waals surface area contributed by atoms with Gasteiger partial charge in [-0.05, 0) is 25.5 Å². The van der Waals surface area contributed by atoms with Crippen LogP contribution in [0.4, 0.5) is 0 Å². The Labute approximate surface area is 132 Å². The van der Waals surface area contributed by atoms with Crippen LogP contribution in [0.2, 0.25) is 0 Å². The van der Waals surface area contributed by atoms with Crippen LogP contribution in [0.3, 0.4) is 0 Å². The Kier molecular flexibility index (Phi) is 3.64. The minimum atomic E-state index is -0.145. The summed E-state index contributed by atoms with van der Waals surface area (Å²) in [5.41, 5.74) is 2.69. The summed E-state index contributed by atoms with van der Waals surface area (Å²) in [6.07, 6.45) is 10.8. The van der Waals surface area contributed by atoms with Crippen molar-refractivity contribution in [2.45, 2.75) is 30.2 Å². The third kappa shape index (κ3) is 2.91. The number of pyridine rings is 1. The van der Waals surface area contributed by atoms with Crippen LogP contribution in [0.25, 0.3) is 0 Å². The van der Waals surface area contributed by atoms with E-state index in [2.05, 4.69) is 45.0 Å². The van der Waals surface area contributed by atoms with Crippen molar-refractivity contribution < 1.29 is 4.74 Å². The fraction of sp³-hybridized carbons (Fsp3) is 0.312. The lowest BCUT2D eigenvalue weighted by Crippen LogP contribution is -2.27. The van der Waals surface area contributed by atoms with Gasteiger partial charge in [0.25, 0.3) is 0 Å². The number of rotatable bonds is 1. The van der Waals surface area contributed by atoms with E-state index >= 15 is 0 Å². The van der Waals surface area contributed by atoms with Gasteiger partial charge in [0.15, 0.2) is 0 Å². The van der Waals surface area contributed by atoms with E-state index in [-0.39, 0.29) is 10.4 Å². The summed E-state index contributed by atoms with van der Waals surface area (Å²) in [6, 6.07) is 3.87. The van der Waals surface area contributed by atoms with E-state index in [1.54, 1.807) is 12.4 Å². The van der Waals surface area contributed by atoms with Crippen LogP contribution >= 0.6 is 15.9 Å². The van der Waals surface area contributed by atoms with Gasteiger partial charge in [-0.1, -0.05) is 28.1 Å². The molecule has 2 heterocycles. The Bertz CT molecular complexity index is 683. The Morgan fingerprint density at radius 1 is 1.57 bits per heavy atom. The van der Waals surface area contributed by atoms with E-state index < -0.39 is 0 Å². The standard InChI is InChI=1S/C16H14BrN3O/c1-16(17)5-4-14-12(8-16)13(20-10-18)7-15(21-14)11-3-2-6-19-9-11/h2-4,6,8-9,15H,5,7H2,1H3. The average molecular weight is 344 g/mol. The second kappa shape index (κ2) is 5.45. The Hall–Kier alpha value is -1.93. The second-order valence-corrected chi connectivity index (χ2v) is 7.18. The molecule has 1 aliphatic carbocycles. The van der Waals surface area contributed by atoms with Gasteiger partial charge < -0.3 is 4.74 Å². The molecule has 0 spiro atoms. The second-order valence-electron chi connectivity index (χ2n) is 5.36. The molecule has 3 rings (SSSR count). The molecule has 1 aromatic heterocycles. The van der Waals surface area contributed by atoms with Crippen molar-refractivity contribution in [1.29, 1.82) is 5.26 Å². The first-order valence-corrected chi connectivity index (χ1v) is 7.53. The zero-order valence-electron chi connectivity index (χ0n) is 11.6. The summed E-state index contributed by atoms with van der Waals surface area (Å²) >= 11 is 3.67. The van der Waals surface area contributed by atoms with E-state index in [0.717, 1.165) is 29.0 Å². The van der Waals surface area contributed by atoms with Crippen LogP contribution in [0.5, 0.6) is 0 Å². The maximum atomic E-state index is 8.95. The largest absolute Gasteiger partial charge is 0.485 e. The molecule has 106 valence electrons. The molecule has 0 aromatic carbocycles. The van der Waals surface area contributed by atoms with Crippen molar-refractivity contribution >= 4 is 21.6 Å². The van der Waals surface area contributed by atoms with E-state index in [0.29, 0.717) is 6.42 Å². The lowest BCUT2D eigenvalue weighted by molar-refractivity contribution is 0.120. The van der Waals surface area contributed by atoms with Crippen molar-refractivity contribution in [2.75, 3.05) is 0 Å². The maximum absolute atomic E-state index is 8.95. The highest BCUT2D eigenvalue weighted by Crippen LogP contribution is 2.41. The molecule has 0 bridgehead atoms. The number of nitrogens with zero attached hydrogens (tertiary/aromatic N) is 3. The lowest BCUT2D eigenvalue weighted by Gasteiger charge is -2.33. The smallest absolute Gasteiger partial charge is 0.205 e. The summed E-state index contributed by atoms with van der Waals surface area (Å²) in [7, 11) is 0. The molecule has 2 unspecified atom stereocenters. The number of hydrogen-bond acceptors (Lipinski definition) is 4. The van der Waals surface area contributed by atoms with Gasteiger partial charge in [0.1, 0.15) is 11.9 Å². The van der Waals surface area contributed by atoms with Crippen LogP contribution < -0.4 is 0 Å². The maximum Gasteiger partial charge on any atom is 0.205 e. The molecule has 2 aliphatic rings. The molecule has 1 aromatic rings. The van der Waals surface area contributed by atoms with Gasteiger partial charge in [-0.2, -0.15) is 10.3 Å². The lowest BCUT2D eigenvalue weighted by atomic mass is 9.88. The minimum Gasteiger partial charge on any atom is -0.485 e. The van der Waals surface area contributed by atoms with E-state index in [9.17, 15) is 0 Å². The molecular formula is C16H14BrN3O. The number of hydrogen-bond donors (Lipinski definition) is 0. The number of nitriles is 1. The van der Waals surface area contributed by atoms with Gasteiger partial charge in [-0.15, -0.1) is 0 Å². The van der Waals surface area contributed by atoms with E-state index in [4.69, 9.17) is 10.00 Å². The highest BCUT2D eigenvalue weighted by molar-refractivity contribution is 9.10. The van der Waals surface area contributed by atoms with Crippen LogP contribution in [0, 0.1) is 11.5 Å². The number of aliphatic imine (C=N–C) groups is 1. The molecule has 2 atom stereocenters. The van der Waals surface area contributed by atoms with Gasteiger partial charge >= 0.3 is 0 Å².